The highest BCUT2D eigenvalue weighted by atomic mass is 16.5. The van der Waals surface area contributed by atoms with Gasteiger partial charge >= 0.3 is 0 Å². The number of rotatable bonds is 9. The molecule has 0 aliphatic heterocycles. The normalized spacial score (nSPS) is 15.2. The average molecular weight is 348 g/mol. The van der Waals surface area contributed by atoms with Gasteiger partial charge in [0.15, 0.2) is 5.96 Å². The number of ether oxygens (including phenoxy) is 2. The Bertz CT molecular complexity index is 568. The summed E-state index contributed by atoms with van der Waals surface area (Å²) in [5.74, 6) is 2.59. The van der Waals surface area contributed by atoms with Gasteiger partial charge in [-0.3, -0.25) is 4.99 Å². The SMILES string of the molecule is CN=C(NCC(C)(C)c1cccc(OC)c1)N(C)CCOCC1CC1. The molecule has 140 valence electrons. The van der Waals surface area contributed by atoms with Gasteiger partial charge in [-0.25, -0.2) is 0 Å². The highest BCUT2D eigenvalue weighted by Gasteiger charge is 2.23. The Labute approximate surface area is 152 Å². The minimum absolute atomic E-state index is 0.0339. The van der Waals surface area contributed by atoms with Crippen LogP contribution < -0.4 is 10.1 Å². The number of nitrogens with zero attached hydrogens (tertiary/aromatic N) is 2. The van der Waals surface area contributed by atoms with Crippen LogP contribution in [0.15, 0.2) is 29.3 Å². The van der Waals surface area contributed by atoms with Gasteiger partial charge in [-0.15, -0.1) is 0 Å². The fourth-order valence-corrected chi connectivity index (χ4v) is 2.67. The number of aliphatic imine (C=N–C) groups is 1. The Hall–Kier alpha value is -1.75. The fourth-order valence-electron chi connectivity index (χ4n) is 2.67. The van der Waals surface area contributed by atoms with Gasteiger partial charge < -0.3 is 19.7 Å². The molecule has 1 N–H and O–H groups in total. The van der Waals surface area contributed by atoms with Gasteiger partial charge in [0.2, 0.25) is 0 Å². The molecular formula is C20H33N3O2. The second-order valence-electron chi connectivity index (χ2n) is 7.46. The highest BCUT2D eigenvalue weighted by molar-refractivity contribution is 5.79. The van der Waals surface area contributed by atoms with E-state index in [0.717, 1.165) is 43.9 Å². The first-order valence-corrected chi connectivity index (χ1v) is 9.10. The van der Waals surface area contributed by atoms with Crippen LogP contribution in [0.2, 0.25) is 0 Å². The monoisotopic (exact) mass is 347 g/mol. The van der Waals surface area contributed by atoms with E-state index in [1.54, 1.807) is 7.11 Å². The molecule has 1 aromatic rings. The average Bonchev–Trinajstić information content (AvgIpc) is 3.43. The molecule has 0 saturated heterocycles. The smallest absolute Gasteiger partial charge is 0.193 e. The molecule has 1 aliphatic carbocycles. The van der Waals surface area contributed by atoms with E-state index in [0.29, 0.717) is 0 Å². The van der Waals surface area contributed by atoms with Crippen molar-refractivity contribution in [2.24, 2.45) is 10.9 Å². The van der Waals surface area contributed by atoms with E-state index in [2.05, 4.69) is 41.2 Å². The molecule has 0 aromatic heterocycles. The van der Waals surface area contributed by atoms with Gasteiger partial charge in [0, 0.05) is 39.2 Å². The highest BCUT2D eigenvalue weighted by Crippen LogP contribution is 2.28. The third kappa shape index (κ3) is 6.24. The second kappa shape index (κ2) is 9.09. The van der Waals surface area contributed by atoms with Crippen LogP contribution in [-0.4, -0.2) is 58.4 Å². The van der Waals surface area contributed by atoms with Gasteiger partial charge in [0.1, 0.15) is 5.75 Å². The van der Waals surface area contributed by atoms with Gasteiger partial charge in [0.05, 0.1) is 13.7 Å². The lowest BCUT2D eigenvalue weighted by Gasteiger charge is -2.29. The second-order valence-corrected chi connectivity index (χ2v) is 7.46. The molecule has 5 heteroatoms. The third-order valence-electron chi connectivity index (χ3n) is 4.73. The van der Waals surface area contributed by atoms with Crippen molar-refractivity contribution < 1.29 is 9.47 Å². The van der Waals surface area contributed by atoms with Crippen LogP contribution in [0.4, 0.5) is 0 Å². The lowest BCUT2D eigenvalue weighted by molar-refractivity contribution is 0.115. The molecule has 0 amide bonds. The molecule has 0 unspecified atom stereocenters. The summed E-state index contributed by atoms with van der Waals surface area (Å²) in [5.41, 5.74) is 1.21. The van der Waals surface area contributed by atoms with Crippen molar-refractivity contribution in [3.05, 3.63) is 29.8 Å². The van der Waals surface area contributed by atoms with Crippen LogP contribution in [0, 0.1) is 5.92 Å². The zero-order valence-corrected chi connectivity index (χ0v) is 16.3. The maximum atomic E-state index is 5.72. The van der Waals surface area contributed by atoms with Crippen molar-refractivity contribution in [1.82, 2.24) is 10.2 Å². The van der Waals surface area contributed by atoms with E-state index in [4.69, 9.17) is 9.47 Å². The van der Waals surface area contributed by atoms with Gasteiger partial charge in [-0.05, 0) is 36.5 Å². The Morgan fingerprint density at radius 2 is 2.12 bits per heavy atom. The molecule has 5 nitrogen and oxygen atoms in total. The first-order valence-electron chi connectivity index (χ1n) is 9.10. The number of hydrogen-bond acceptors (Lipinski definition) is 3. The molecule has 2 rings (SSSR count). The van der Waals surface area contributed by atoms with Crippen LogP contribution in [0.5, 0.6) is 5.75 Å². The summed E-state index contributed by atoms with van der Waals surface area (Å²) in [4.78, 5) is 6.52. The van der Waals surface area contributed by atoms with Crippen LogP contribution in [0.1, 0.15) is 32.3 Å². The molecule has 0 heterocycles. The van der Waals surface area contributed by atoms with Crippen molar-refractivity contribution in [3.63, 3.8) is 0 Å². The van der Waals surface area contributed by atoms with Crippen molar-refractivity contribution in [2.75, 3.05) is 47.5 Å². The number of hydrogen-bond donors (Lipinski definition) is 1. The lowest BCUT2D eigenvalue weighted by atomic mass is 9.84. The maximum Gasteiger partial charge on any atom is 0.193 e. The maximum absolute atomic E-state index is 5.72. The van der Waals surface area contributed by atoms with Gasteiger partial charge in [-0.2, -0.15) is 0 Å². The van der Waals surface area contributed by atoms with Crippen LogP contribution in [-0.2, 0) is 10.2 Å². The van der Waals surface area contributed by atoms with Crippen molar-refractivity contribution in [1.29, 1.82) is 0 Å². The molecule has 1 fully saturated rings. The fraction of sp³-hybridized carbons (Fsp3) is 0.650. The van der Waals surface area contributed by atoms with E-state index in [-0.39, 0.29) is 5.41 Å². The molecule has 1 aliphatic rings. The van der Waals surface area contributed by atoms with Crippen LogP contribution >= 0.6 is 0 Å². The number of methoxy groups -OCH3 is 1. The predicted octanol–water partition coefficient (Wildman–Crippen LogP) is 2.91. The Morgan fingerprint density at radius 3 is 2.76 bits per heavy atom. The van der Waals surface area contributed by atoms with Crippen molar-refractivity contribution in [3.8, 4) is 5.75 Å². The zero-order valence-electron chi connectivity index (χ0n) is 16.3. The number of likely N-dealkylation sites (N-methyl/N-ethyl adjacent to an activating group) is 1. The topological polar surface area (TPSA) is 46.1 Å². The number of nitrogens with one attached hydrogen (secondary N) is 1. The zero-order chi connectivity index (χ0) is 18.3. The molecule has 1 aromatic carbocycles. The summed E-state index contributed by atoms with van der Waals surface area (Å²) in [7, 11) is 5.57. The minimum atomic E-state index is -0.0339. The standard InChI is InChI=1S/C20H33N3O2/c1-20(2,17-7-6-8-18(13-17)24-5)15-22-19(21-3)23(4)11-12-25-14-16-9-10-16/h6-8,13,16H,9-12,14-15H2,1-5H3,(H,21,22). The Morgan fingerprint density at radius 1 is 1.36 bits per heavy atom. The van der Waals surface area contributed by atoms with E-state index in [1.807, 2.05) is 26.2 Å². The van der Waals surface area contributed by atoms with Crippen molar-refractivity contribution >= 4 is 5.96 Å². The minimum Gasteiger partial charge on any atom is -0.497 e. The Balaban J connectivity index is 1.82. The van der Waals surface area contributed by atoms with E-state index < -0.39 is 0 Å². The predicted molar refractivity (Wildman–Crippen MR) is 104 cm³/mol. The summed E-state index contributed by atoms with van der Waals surface area (Å²) in [6.07, 6.45) is 2.66. The molecule has 1 saturated carbocycles. The first kappa shape index (κ1) is 19.6. The summed E-state index contributed by atoms with van der Waals surface area (Å²) < 4.78 is 11.1. The summed E-state index contributed by atoms with van der Waals surface area (Å²) in [5, 5.41) is 3.49. The number of benzene rings is 1. The lowest BCUT2D eigenvalue weighted by Crippen LogP contribution is -2.45. The summed E-state index contributed by atoms with van der Waals surface area (Å²) >= 11 is 0. The largest absolute Gasteiger partial charge is 0.497 e. The van der Waals surface area contributed by atoms with Crippen LogP contribution in [0.25, 0.3) is 0 Å². The molecule has 0 atom stereocenters. The van der Waals surface area contributed by atoms with E-state index in [9.17, 15) is 0 Å². The van der Waals surface area contributed by atoms with Gasteiger partial charge in [-0.1, -0.05) is 26.0 Å². The third-order valence-corrected chi connectivity index (χ3v) is 4.73. The molecule has 0 spiro atoms. The van der Waals surface area contributed by atoms with Gasteiger partial charge in [0.25, 0.3) is 0 Å². The summed E-state index contributed by atoms with van der Waals surface area (Å²) in [6.45, 7) is 7.73. The molecular weight excluding hydrogens is 314 g/mol. The summed E-state index contributed by atoms with van der Waals surface area (Å²) in [6, 6.07) is 8.25. The van der Waals surface area contributed by atoms with E-state index in [1.165, 1.54) is 18.4 Å². The quantitative estimate of drug-likeness (QED) is 0.424. The molecule has 0 radical (unpaired) electrons. The van der Waals surface area contributed by atoms with Crippen molar-refractivity contribution in [2.45, 2.75) is 32.1 Å². The molecule has 0 bridgehead atoms. The number of guanidine groups is 1. The first-order chi connectivity index (χ1) is 12.0. The van der Waals surface area contributed by atoms with Crippen LogP contribution in [0.3, 0.4) is 0 Å². The Kier molecular flexibility index (Phi) is 7.12. The van der Waals surface area contributed by atoms with E-state index >= 15 is 0 Å². The molecule has 25 heavy (non-hydrogen) atoms.